The molecule has 152 valence electrons. The number of esters is 1. The number of benzene rings is 1. The van der Waals surface area contributed by atoms with Gasteiger partial charge in [-0.15, -0.1) is 0 Å². The van der Waals surface area contributed by atoms with Crippen LogP contribution in [-0.2, 0) is 24.2 Å². The van der Waals surface area contributed by atoms with Crippen LogP contribution in [-0.4, -0.2) is 62.5 Å². The van der Waals surface area contributed by atoms with Gasteiger partial charge in [0, 0.05) is 18.2 Å². The molecule has 0 N–H and O–H groups in total. The number of sulfone groups is 1. The molecule has 2 aliphatic heterocycles. The van der Waals surface area contributed by atoms with E-state index in [1.54, 1.807) is 11.0 Å². The summed E-state index contributed by atoms with van der Waals surface area (Å²) in [6, 6.07) is 6.98. The van der Waals surface area contributed by atoms with Crippen LogP contribution in [0, 0.1) is 5.92 Å². The number of ether oxygens (including phenoxy) is 2. The topological polar surface area (TPSA) is 90.0 Å². The van der Waals surface area contributed by atoms with Crippen molar-refractivity contribution < 1.29 is 27.5 Å². The third kappa shape index (κ3) is 4.92. The number of para-hydroxylation sites is 1. The minimum absolute atomic E-state index is 0.0326. The smallest absolute Gasteiger partial charge is 0.338 e. The molecule has 2 heterocycles. The van der Waals surface area contributed by atoms with E-state index >= 15 is 0 Å². The number of amides is 1. The summed E-state index contributed by atoms with van der Waals surface area (Å²) < 4.78 is 34.3. The van der Waals surface area contributed by atoms with Crippen molar-refractivity contribution in [3.63, 3.8) is 0 Å². The first-order chi connectivity index (χ1) is 13.2. The van der Waals surface area contributed by atoms with Crippen LogP contribution in [0.1, 0.15) is 25.8 Å². The summed E-state index contributed by atoms with van der Waals surface area (Å²) in [6.07, 6.45) is 2.12. The maximum Gasteiger partial charge on any atom is 0.338 e. The lowest BCUT2D eigenvalue weighted by atomic mass is 10.1. The zero-order valence-electron chi connectivity index (χ0n) is 16.1. The van der Waals surface area contributed by atoms with Crippen LogP contribution in [0.25, 0.3) is 6.08 Å². The average Bonchev–Trinajstić information content (AvgIpc) is 3.02. The van der Waals surface area contributed by atoms with Gasteiger partial charge in [0.25, 0.3) is 5.91 Å². The molecule has 1 amide bonds. The molecular formula is C20H25NO6S. The van der Waals surface area contributed by atoms with Crippen LogP contribution < -0.4 is 4.74 Å². The highest BCUT2D eigenvalue weighted by Crippen LogP contribution is 2.26. The minimum atomic E-state index is -3.11. The first kappa shape index (κ1) is 20.4. The molecule has 1 fully saturated rings. The Morgan fingerprint density at radius 3 is 2.71 bits per heavy atom. The van der Waals surface area contributed by atoms with E-state index in [-0.39, 0.29) is 36.0 Å². The number of nitrogens with zero attached hydrogens (tertiary/aromatic N) is 1. The zero-order valence-corrected chi connectivity index (χ0v) is 16.9. The van der Waals surface area contributed by atoms with E-state index in [9.17, 15) is 18.0 Å². The molecule has 0 radical (unpaired) electrons. The van der Waals surface area contributed by atoms with Crippen molar-refractivity contribution in [1.82, 2.24) is 4.90 Å². The Labute approximate surface area is 165 Å². The fourth-order valence-electron chi connectivity index (χ4n) is 3.41. The van der Waals surface area contributed by atoms with Gasteiger partial charge in [-0.05, 0) is 24.5 Å². The van der Waals surface area contributed by atoms with Gasteiger partial charge in [-0.1, -0.05) is 32.0 Å². The first-order valence-corrected chi connectivity index (χ1v) is 11.2. The quantitative estimate of drug-likeness (QED) is 0.667. The molecule has 3 rings (SSSR count). The molecule has 0 bridgehead atoms. The number of carbonyl (C=O) groups excluding carboxylic acids is 2. The molecule has 0 unspecified atom stereocenters. The van der Waals surface area contributed by atoms with E-state index in [1.807, 2.05) is 38.1 Å². The van der Waals surface area contributed by atoms with Crippen molar-refractivity contribution in [2.45, 2.75) is 26.3 Å². The number of hydrogen-bond donors (Lipinski definition) is 0. The van der Waals surface area contributed by atoms with Gasteiger partial charge in [0.1, 0.15) is 12.4 Å². The third-order valence-corrected chi connectivity index (χ3v) is 6.50. The number of rotatable bonds is 6. The molecule has 1 saturated heterocycles. The van der Waals surface area contributed by atoms with Gasteiger partial charge in [0.2, 0.25) is 0 Å². The van der Waals surface area contributed by atoms with Gasteiger partial charge < -0.3 is 14.4 Å². The summed E-state index contributed by atoms with van der Waals surface area (Å²) in [5.74, 6) is -0.0547. The molecular weight excluding hydrogens is 382 g/mol. The first-order valence-electron chi connectivity index (χ1n) is 9.34. The largest absolute Gasteiger partial charge is 0.488 e. The summed E-state index contributed by atoms with van der Waals surface area (Å²) in [5, 5.41) is 0. The lowest BCUT2D eigenvalue weighted by Crippen LogP contribution is -2.45. The van der Waals surface area contributed by atoms with Gasteiger partial charge in [0.15, 0.2) is 16.4 Å². The van der Waals surface area contributed by atoms with Crippen molar-refractivity contribution in [3.8, 4) is 5.75 Å². The van der Waals surface area contributed by atoms with E-state index in [2.05, 4.69) is 0 Å². The van der Waals surface area contributed by atoms with Crippen molar-refractivity contribution >= 4 is 27.8 Å². The predicted octanol–water partition coefficient (Wildman–Crippen LogP) is 1.68. The lowest BCUT2D eigenvalue weighted by molar-refractivity contribution is -0.150. The van der Waals surface area contributed by atoms with E-state index in [0.29, 0.717) is 24.3 Å². The Morgan fingerprint density at radius 1 is 1.29 bits per heavy atom. The van der Waals surface area contributed by atoms with Gasteiger partial charge >= 0.3 is 5.97 Å². The average molecular weight is 407 g/mol. The second-order valence-corrected chi connectivity index (χ2v) is 9.80. The van der Waals surface area contributed by atoms with Crippen molar-refractivity contribution in [2.24, 2.45) is 5.92 Å². The van der Waals surface area contributed by atoms with E-state index in [1.165, 1.54) is 0 Å². The van der Waals surface area contributed by atoms with Crippen molar-refractivity contribution in [3.05, 3.63) is 35.4 Å². The SMILES string of the molecule is CC(C)CN(C(=O)COC(=O)C1=Cc2ccccc2OC1)[C@H]1CCS(=O)(=O)C1. The molecule has 1 aromatic rings. The number of carbonyl (C=O) groups is 2. The van der Waals surface area contributed by atoms with Gasteiger partial charge in [-0.3, -0.25) is 4.79 Å². The highest BCUT2D eigenvalue weighted by molar-refractivity contribution is 7.91. The Morgan fingerprint density at radius 2 is 2.04 bits per heavy atom. The van der Waals surface area contributed by atoms with Gasteiger partial charge in [-0.2, -0.15) is 0 Å². The second kappa shape index (κ2) is 8.34. The normalized spacial score (nSPS) is 20.1. The lowest BCUT2D eigenvalue weighted by Gasteiger charge is -2.29. The molecule has 0 saturated carbocycles. The van der Waals surface area contributed by atoms with Crippen LogP contribution in [0.2, 0.25) is 0 Å². The molecule has 8 heteroatoms. The van der Waals surface area contributed by atoms with Crippen LogP contribution in [0.5, 0.6) is 5.75 Å². The Kier molecular flexibility index (Phi) is 6.07. The van der Waals surface area contributed by atoms with E-state index < -0.39 is 22.4 Å². The van der Waals surface area contributed by atoms with Crippen LogP contribution in [0.3, 0.4) is 0 Å². The molecule has 28 heavy (non-hydrogen) atoms. The second-order valence-electron chi connectivity index (χ2n) is 7.57. The molecule has 0 spiro atoms. The Bertz CT molecular complexity index is 890. The van der Waals surface area contributed by atoms with Crippen molar-refractivity contribution in [1.29, 1.82) is 0 Å². The molecule has 1 aromatic carbocycles. The molecule has 1 atom stereocenters. The monoisotopic (exact) mass is 407 g/mol. The summed E-state index contributed by atoms with van der Waals surface area (Å²) in [4.78, 5) is 26.6. The fraction of sp³-hybridized carbons (Fsp3) is 0.500. The van der Waals surface area contributed by atoms with Crippen molar-refractivity contribution in [2.75, 3.05) is 31.3 Å². The zero-order chi connectivity index (χ0) is 20.3. The Hall–Kier alpha value is -2.35. The molecule has 0 aromatic heterocycles. The molecule has 7 nitrogen and oxygen atoms in total. The van der Waals surface area contributed by atoms with Gasteiger partial charge in [0.05, 0.1) is 17.1 Å². The highest BCUT2D eigenvalue weighted by atomic mass is 32.2. The number of fused-ring (bicyclic) bond motifs is 1. The summed E-state index contributed by atoms with van der Waals surface area (Å²) in [5.41, 5.74) is 1.12. The molecule has 2 aliphatic rings. The predicted molar refractivity (Wildman–Crippen MR) is 104 cm³/mol. The maximum atomic E-state index is 12.7. The van der Waals surface area contributed by atoms with Crippen LogP contribution in [0.15, 0.2) is 29.8 Å². The standard InChI is InChI=1S/C20H25NO6S/c1-14(2)10-21(17-7-8-28(24,25)13-17)19(22)12-27-20(23)16-9-15-5-3-4-6-18(15)26-11-16/h3-6,9,14,17H,7-8,10-13H2,1-2H3/t17-/m0/s1. The maximum absolute atomic E-state index is 12.7. The Balaban J connectivity index is 1.63. The van der Waals surface area contributed by atoms with Gasteiger partial charge in [-0.25, -0.2) is 13.2 Å². The van der Waals surface area contributed by atoms with E-state index in [0.717, 1.165) is 5.56 Å². The fourth-order valence-corrected chi connectivity index (χ4v) is 5.14. The van der Waals surface area contributed by atoms with Crippen LogP contribution in [0.4, 0.5) is 0 Å². The summed E-state index contributed by atoms with van der Waals surface area (Å²) >= 11 is 0. The minimum Gasteiger partial charge on any atom is -0.488 e. The summed E-state index contributed by atoms with van der Waals surface area (Å²) in [6.45, 7) is 4.01. The highest BCUT2D eigenvalue weighted by Gasteiger charge is 2.35. The third-order valence-electron chi connectivity index (χ3n) is 4.75. The number of hydrogen-bond acceptors (Lipinski definition) is 6. The van der Waals surface area contributed by atoms with Crippen LogP contribution >= 0.6 is 0 Å². The van der Waals surface area contributed by atoms with E-state index in [4.69, 9.17) is 9.47 Å². The molecule has 0 aliphatic carbocycles. The summed E-state index contributed by atoms with van der Waals surface area (Å²) in [7, 11) is -3.11.